The molecule has 1 heterocycles. The van der Waals surface area contributed by atoms with Crippen LogP contribution in [0, 0.1) is 0 Å². The lowest BCUT2D eigenvalue weighted by Gasteiger charge is -2.39. The van der Waals surface area contributed by atoms with E-state index < -0.39 is 5.91 Å². The minimum atomic E-state index is -0.513. The number of nitrogens with two attached hydrogens (primary N) is 1. The molecule has 0 spiro atoms. The third kappa shape index (κ3) is 3.46. The van der Waals surface area contributed by atoms with Crippen LogP contribution in [0.5, 0.6) is 5.75 Å². The molecule has 130 valence electrons. The first-order valence-electron chi connectivity index (χ1n) is 8.02. The number of halogens is 1. The third-order valence-electron chi connectivity index (χ3n) is 4.35. The Kier molecular flexibility index (Phi) is 4.68. The summed E-state index contributed by atoms with van der Waals surface area (Å²) in [6.07, 6.45) is 0.318. The topological polar surface area (TPSA) is 72.6 Å². The lowest BCUT2D eigenvalue weighted by molar-refractivity contribution is -0.117. The lowest BCUT2D eigenvalue weighted by atomic mass is 9.92. The van der Waals surface area contributed by atoms with Crippen molar-refractivity contribution in [3.8, 4) is 5.75 Å². The average Bonchev–Trinajstić information content (AvgIpc) is 2.56. The van der Waals surface area contributed by atoms with Crippen molar-refractivity contribution in [1.82, 2.24) is 0 Å². The zero-order chi connectivity index (χ0) is 18.1. The van der Waals surface area contributed by atoms with E-state index in [4.69, 9.17) is 22.1 Å². The van der Waals surface area contributed by atoms with E-state index in [1.165, 1.54) is 6.92 Å². The van der Waals surface area contributed by atoms with Crippen molar-refractivity contribution in [2.45, 2.75) is 32.4 Å². The molecular weight excluding hydrogens is 340 g/mol. The molecule has 0 saturated heterocycles. The Bertz CT molecular complexity index is 820. The fraction of sp³-hybridized carbons (Fsp3) is 0.263. The number of fused-ring (bicyclic) bond motifs is 1. The Labute approximate surface area is 151 Å². The van der Waals surface area contributed by atoms with E-state index in [-0.39, 0.29) is 18.1 Å². The van der Waals surface area contributed by atoms with Gasteiger partial charge in [0.25, 0.3) is 0 Å². The smallest absolute Gasteiger partial charge is 0.248 e. The molecular formula is C19H19ClN2O3. The van der Waals surface area contributed by atoms with Gasteiger partial charge in [0, 0.05) is 35.5 Å². The van der Waals surface area contributed by atoms with Gasteiger partial charge < -0.3 is 15.4 Å². The summed E-state index contributed by atoms with van der Waals surface area (Å²) < 4.78 is 6.12. The van der Waals surface area contributed by atoms with Crippen molar-refractivity contribution in [2.75, 3.05) is 4.90 Å². The first-order chi connectivity index (χ1) is 11.9. The van der Waals surface area contributed by atoms with Gasteiger partial charge >= 0.3 is 0 Å². The number of ether oxygens (including phenoxy) is 1. The second-order valence-corrected chi connectivity index (χ2v) is 6.61. The SMILES string of the molecule is CC(=O)N1c2ccc(C(N)=O)cc2[C@H](Oc2ccc(Cl)cc2)C[C@@H]1C. The standard InChI is InChI=1S/C19H19ClN2O3/c1-11-9-18(25-15-6-4-14(20)5-7-15)16-10-13(19(21)24)3-8-17(16)22(11)12(2)23/h3-8,10-11,18H,9H2,1-2H3,(H2,21,24)/t11-,18+/m0/s1. The summed E-state index contributed by atoms with van der Waals surface area (Å²) in [6.45, 7) is 3.51. The van der Waals surface area contributed by atoms with Crippen LogP contribution >= 0.6 is 11.6 Å². The molecule has 1 aliphatic rings. The third-order valence-corrected chi connectivity index (χ3v) is 4.60. The van der Waals surface area contributed by atoms with Gasteiger partial charge in [-0.05, 0) is 49.4 Å². The van der Waals surface area contributed by atoms with Crippen molar-refractivity contribution in [3.05, 3.63) is 58.6 Å². The van der Waals surface area contributed by atoms with Gasteiger partial charge in [-0.15, -0.1) is 0 Å². The van der Waals surface area contributed by atoms with Crippen LogP contribution < -0.4 is 15.4 Å². The van der Waals surface area contributed by atoms with Crippen molar-refractivity contribution >= 4 is 29.1 Å². The van der Waals surface area contributed by atoms with Crippen molar-refractivity contribution in [2.24, 2.45) is 5.73 Å². The molecule has 0 saturated carbocycles. The van der Waals surface area contributed by atoms with Crippen molar-refractivity contribution < 1.29 is 14.3 Å². The molecule has 5 nitrogen and oxygen atoms in total. The first kappa shape index (κ1) is 17.3. The summed E-state index contributed by atoms with van der Waals surface area (Å²) >= 11 is 5.92. The number of nitrogens with zero attached hydrogens (tertiary/aromatic N) is 1. The fourth-order valence-electron chi connectivity index (χ4n) is 3.23. The molecule has 0 fully saturated rings. The Hall–Kier alpha value is -2.53. The number of hydrogen-bond donors (Lipinski definition) is 1. The molecule has 2 amide bonds. The monoisotopic (exact) mass is 358 g/mol. The average molecular weight is 359 g/mol. The van der Waals surface area contributed by atoms with E-state index in [0.717, 1.165) is 11.3 Å². The number of primary amides is 1. The van der Waals surface area contributed by atoms with E-state index >= 15 is 0 Å². The number of carbonyl (C=O) groups excluding carboxylic acids is 2. The Balaban J connectivity index is 2.03. The highest BCUT2D eigenvalue weighted by atomic mass is 35.5. The summed E-state index contributed by atoms with van der Waals surface area (Å²) in [5.74, 6) is 0.111. The number of benzene rings is 2. The van der Waals surface area contributed by atoms with E-state index in [2.05, 4.69) is 0 Å². The number of carbonyl (C=O) groups is 2. The maximum absolute atomic E-state index is 12.1. The fourth-order valence-corrected chi connectivity index (χ4v) is 3.36. The largest absolute Gasteiger partial charge is 0.486 e. The molecule has 0 unspecified atom stereocenters. The number of rotatable bonds is 3. The summed E-state index contributed by atoms with van der Waals surface area (Å²) in [5, 5.41) is 0.628. The van der Waals surface area contributed by atoms with E-state index in [9.17, 15) is 9.59 Å². The van der Waals surface area contributed by atoms with Crippen LogP contribution in [0.4, 0.5) is 5.69 Å². The molecule has 0 aliphatic carbocycles. The van der Waals surface area contributed by atoms with E-state index in [0.29, 0.717) is 22.8 Å². The zero-order valence-electron chi connectivity index (χ0n) is 14.0. The second-order valence-electron chi connectivity index (χ2n) is 6.17. The van der Waals surface area contributed by atoms with E-state index in [1.807, 2.05) is 6.92 Å². The number of amides is 2. The van der Waals surface area contributed by atoms with Gasteiger partial charge in [0.1, 0.15) is 11.9 Å². The van der Waals surface area contributed by atoms with Crippen LogP contribution in [0.15, 0.2) is 42.5 Å². The molecule has 25 heavy (non-hydrogen) atoms. The second kappa shape index (κ2) is 6.76. The van der Waals surface area contributed by atoms with Gasteiger partial charge in [0.15, 0.2) is 0 Å². The van der Waals surface area contributed by atoms with Gasteiger partial charge in [0.05, 0.1) is 5.69 Å². The lowest BCUT2D eigenvalue weighted by Crippen LogP contribution is -2.43. The highest BCUT2D eigenvalue weighted by molar-refractivity contribution is 6.30. The molecule has 3 rings (SSSR count). The molecule has 2 aromatic carbocycles. The first-order valence-corrected chi connectivity index (χ1v) is 8.40. The highest BCUT2D eigenvalue weighted by Crippen LogP contribution is 2.40. The molecule has 2 atom stereocenters. The Morgan fingerprint density at radius 1 is 1.20 bits per heavy atom. The van der Waals surface area contributed by atoms with E-state index in [1.54, 1.807) is 47.4 Å². The minimum absolute atomic E-state index is 0.0262. The number of hydrogen-bond acceptors (Lipinski definition) is 3. The Morgan fingerprint density at radius 2 is 1.88 bits per heavy atom. The van der Waals surface area contributed by atoms with Gasteiger partial charge in [-0.2, -0.15) is 0 Å². The normalized spacial score (nSPS) is 19.2. The molecule has 0 bridgehead atoms. The predicted octanol–water partition coefficient (Wildman–Crippen LogP) is 3.70. The molecule has 0 radical (unpaired) electrons. The molecule has 0 aromatic heterocycles. The van der Waals surface area contributed by atoms with Gasteiger partial charge in [-0.3, -0.25) is 9.59 Å². The molecule has 2 N–H and O–H groups in total. The molecule has 2 aromatic rings. The van der Waals surface area contributed by atoms with Crippen molar-refractivity contribution in [3.63, 3.8) is 0 Å². The van der Waals surface area contributed by atoms with Gasteiger partial charge in [-0.1, -0.05) is 11.6 Å². The summed E-state index contributed by atoms with van der Waals surface area (Å²) in [6, 6.07) is 12.2. The Morgan fingerprint density at radius 3 is 2.48 bits per heavy atom. The van der Waals surface area contributed by atoms with Crippen LogP contribution in [0.3, 0.4) is 0 Å². The van der Waals surface area contributed by atoms with Crippen LogP contribution in [-0.4, -0.2) is 17.9 Å². The van der Waals surface area contributed by atoms with Crippen molar-refractivity contribution in [1.29, 1.82) is 0 Å². The maximum Gasteiger partial charge on any atom is 0.248 e. The summed E-state index contributed by atoms with van der Waals surface area (Å²) in [5.41, 5.74) is 7.32. The molecule has 1 aliphatic heterocycles. The predicted molar refractivity (Wildman–Crippen MR) is 97.0 cm³/mol. The van der Waals surface area contributed by atoms with Crippen LogP contribution in [0.1, 0.15) is 42.3 Å². The maximum atomic E-state index is 12.1. The van der Waals surface area contributed by atoms with Crippen LogP contribution in [0.2, 0.25) is 5.02 Å². The quantitative estimate of drug-likeness (QED) is 0.909. The van der Waals surface area contributed by atoms with Gasteiger partial charge in [0.2, 0.25) is 11.8 Å². The van der Waals surface area contributed by atoms with Crippen LogP contribution in [0.25, 0.3) is 0 Å². The highest BCUT2D eigenvalue weighted by Gasteiger charge is 2.34. The number of anilines is 1. The minimum Gasteiger partial charge on any atom is -0.486 e. The van der Waals surface area contributed by atoms with Crippen LogP contribution in [-0.2, 0) is 4.79 Å². The summed E-state index contributed by atoms with van der Waals surface area (Å²) in [7, 11) is 0. The summed E-state index contributed by atoms with van der Waals surface area (Å²) in [4.78, 5) is 25.4. The zero-order valence-corrected chi connectivity index (χ0v) is 14.8. The molecule has 6 heteroatoms. The van der Waals surface area contributed by atoms with Gasteiger partial charge in [-0.25, -0.2) is 0 Å².